The van der Waals surface area contributed by atoms with Gasteiger partial charge in [0, 0.05) is 26.8 Å². The molecule has 0 saturated carbocycles. The second-order valence-corrected chi connectivity index (χ2v) is 4.65. The van der Waals surface area contributed by atoms with Gasteiger partial charge in [-0.05, 0) is 12.5 Å². The first kappa shape index (κ1) is 14.8. The first-order chi connectivity index (χ1) is 8.60. The number of carbonyl (C=O) groups excluding carboxylic acids is 1. The smallest absolute Gasteiger partial charge is 0.255 e. The van der Waals surface area contributed by atoms with Crippen molar-refractivity contribution >= 4 is 23.3 Å². The Kier molecular flexibility index (Phi) is 5.92. The molecule has 1 amide bonds. The van der Waals surface area contributed by atoms with E-state index in [4.69, 9.17) is 11.6 Å². The fraction of sp³-hybridized carbons (Fsp3) is 0.538. The lowest BCUT2D eigenvalue weighted by Crippen LogP contribution is -2.27. The van der Waals surface area contributed by atoms with Gasteiger partial charge in [-0.15, -0.1) is 0 Å². The second-order valence-electron chi connectivity index (χ2n) is 4.24. The number of halogens is 1. The minimum absolute atomic E-state index is 0.0387. The van der Waals surface area contributed by atoms with Crippen molar-refractivity contribution in [1.82, 2.24) is 9.88 Å². The number of amides is 1. The Morgan fingerprint density at radius 3 is 2.78 bits per heavy atom. The number of pyridine rings is 1. The van der Waals surface area contributed by atoms with E-state index < -0.39 is 0 Å². The van der Waals surface area contributed by atoms with E-state index in [0.717, 1.165) is 25.8 Å². The van der Waals surface area contributed by atoms with Gasteiger partial charge in [-0.25, -0.2) is 4.98 Å². The van der Waals surface area contributed by atoms with Crippen LogP contribution in [-0.4, -0.2) is 36.4 Å². The van der Waals surface area contributed by atoms with Gasteiger partial charge in [0.25, 0.3) is 5.91 Å². The number of carbonyl (C=O) groups is 1. The van der Waals surface area contributed by atoms with Crippen LogP contribution in [-0.2, 0) is 0 Å². The second kappa shape index (κ2) is 7.21. The molecule has 0 spiro atoms. The Bertz CT molecular complexity index is 409. The van der Waals surface area contributed by atoms with Crippen LogP contribution in [0.25, 0.3) is 0 Å². The molecule has 0 atom stereocenters. The third-order valence-corrected chi connectivity index (χ3v) is 3.06. The molecule has 0 aliphatic carbocycles. The lowest BCUT2D eigenvalue weighted by atomic mass is 10.2. The zero-order chi connectivity index (χ0) is 13.5. The molecule has 1 aromatic heterocycles. The van der Waals surface area contributed by atoms with Gasteiger partial charge in [0.1, 0.15) is 5.82 Å². The van der Waals surface area contributed by atoms with Gasteiger partial charge >= 0.3 is 0 Å². The molecule has 5 heteroatoms. The fourth-order valence-corrected chi connectivity index (χ4v) is 1.92. The molecular formula is C13H20ClN3O. The molecule has 0 aliphatic rings. The van der Waals surface area contributed by atoms with Gasteiger partial charge in [0.2, 0.25) is 0 Å². The first-order valence-corrected chi connectivity index (χ1v) is 6.56. The molecule has 100 valence electrons. The van der Waals surface area contributed by atoms with E-state index in [9.17, 15) is 4.79 Å². The van der Waals surface area contributed by atoms with Crippen LogP contribution in [0.1, 0.15) is 36.5 Å². The molecule has 0 unspecified atom stereocenters. The SMILES string of the molecule is CCCCCN(C)C(=O)c1cnc(NC)c(Cl)c1. The third kappa shape index (κ3) is 3.88. The highest BCUT2D eigenvalue weighted by Gasteiger charge is 2.13. The Balaban J connectivity index is 2.68. The van der Waals surface area contributed by atoms with Crippen LogP contribution in [0.3, 0.4) is 0 Å². The van der Waals surface area contributed by atoms with Crippen molar-refractivity contribution in [3.63, 3.8) is 0 Å². The molecular weight excluding hydrogens is 250 g/mol. The summed E-state index contributed by atoms with van der Waals surface area (Å²) in [6.07, 6.45) is 4.85. The Labute approximate surface area is 113 Å². The van der Waals surface area contributed by atoms with Crippen LogP contribution in [0.15, 0.2) is 12.3 Å². The summed E-state index contributed by atoms with van der Waals surface area (Å²) in [4.78, 5) is 17.9. The highest BCUT2D eigenvalue weighted by Crippen LogP contribution is 2.20. The Morgan fingerprint density at radius 2 is 2.22 bits per heavy atom. The van der Waals surface area contributed by atoms with E-state index in [2.05, 4.69) is 17.2 Å². The molecule has 0 fully saturated rings. The van der Waals surface area contributed by atoms with Gasteiger partial charge in [0.05, 0.1) is 10.6 Å². The summed E-state index contributed by atoms with van der Waals surface area (Å²) in [7, 11) is 3.55. The number of unbranched alkanes of at least 4 members (excludes halogenated alkanes) is 2. The van der Waals surface area contributed by atoms with E-state index in [1.54, 1.807) is 31.3 Å². The van der Waals surface area contributed by atoms with Crippen molar-refractivity contribution in [3.8, 4) is 0 Å². The van der Waals surface area contributed by atoms with Crippen molar-refractivity contribution in [3.05, 3.63) is 22.8 Å². The summed E-state index contributed by atoms with van der Waals surface area (Å²) in [6, 6.07) is 1.65. The largest absolute Gasteiger partial charge is 0.372 e. The predicted octanol–water partition coefficient (Wildman–Crippen LogP) is 3.04. The normalized spacial score (nSPS) is 10.2. The maximum atomic E-state index is 12.1. The monoisotopic (exact) mass is 269 g/mol. The average Bonchev–Trinajstić information content (AvgIpc) is 2.38. The van der Waals surface area contributed by atoms with Crippen LogP contribution in [0, 0.1) is 0 Å². The third-order valence-electron chi connectivity index (χ3n) is 2.77. The van der Waals surface area contributed by atoms with Gasteiger partial charge in [-0.1, -0.05) is 31.4 Å². The fourth-order valence-electron chi connectivity index (χ4n) is 1.66. The Hall–Kier alpha value is -1.29. The quantitative estimate of drug-likeness (QED) is 0.808. The van der Waals surface area contributed by atoms with Crippen molar-refractivity contribution in [2.24, 2.45) is 0 Å². The number of aromatic nitrogens is 1. The molecule has 1 rings (SSSR count). The van der Waals surface area contributed by atoms with Crippen LogP contribution in [0.2, 0.25) is 5.02 Å². The van der Waals surface area contributed by atoms with Crippen molar-refractivity contribution < 1.29 is 4.79 Å². The van der Waals surface area contributed by atoms with Crippen molar-refractivity contribution in [1.29, 1.82) is 0 Å². The topological polar surface area (TPSA) is 45.2 Å². The maximum Gasteiger partial charge on any atom is 0.255 e. The summed E-state index contributed by atoms with van der Waals surface area (Å²) in [6.45, 7) is 2.90. The van der Waals surface area contributed by atoms with Crippen LogP contribution >= 0.6 is 11.6 Å². The highest BCUT2D eigenvalue weighted by atomic mass is 35.5. The number of hydrogen-bond acceptors (Lipinski definition) is 3. The summed E-state index contributed by atoms with van der Waals surface area (Å²) < 4.78 is 0. The van der Waals surface area contributed by atoms with Crippen LogP contribution in [0.4, 0.5) is 5.82 Å². The molecule has 4 nitrogen and oxygen atoms in total. The molecule has 0 bridgehead atoms. The molecule has 0 aromatic carbocycles. The number of nitrogens with one attached hydrogen (secondary N) is 1. The molecule has 0 radical (unpaired) electrons. The number of hydrogen-bond donors (Lipinski definition) is 1. The van der Waals surface area contributed by atoms with E-state index in [1.165, 1.54) is 0 Å². The van der Waals surface area contributed by atoms with E-state index in [1.807, 2.05) is 0 Å². The van der Waals surface area contributed by atoms with Crippen LogP contribution < -0.4 is 5.32 Å². The van der Waals surface area contributed by atoms with Crippen molar-refractivity contribution in [2.75, 3.05) is 26.0 Å². The number of nitrogens with zero attached hydrogens (tertiary/aromatic N) is 2. The summed E-state index contributed by atoms with van der Waals surface area (Å²) >= 11 is 6.01. The minimum atomic E-state index is -0.0387. The summed E-state index contributed by atoms with van der Waals surface area (Å²) in [5.41, 5.74) is 0.526. The van der Waals surface area contributed by atoms with Crippen molar-refractivity contribution in [2.45, 2.75) is 26.2 Å². The lowest BCUT2D eigenvalue weighted by molar-refractivity contribution is 0.0792. The zero-order valence-corrected chi connectivity index (χ0v) is 11.9. The Morgan fingerprint density at radius 1 is 1.50 bits per heavy atom. The van der Waals surface area contributed by atoms with Gasteiger partial charge in [0.15, 0.2) is 0 Å². The molecule has 0 aliphatic heterocycles. The number of anilines is 1. The van der Waals surface area contributed by atoms with Gasteiger partial charge < -0.3 is 10.2 Å². The van der Waals surface area contributed by atoms with Crippen LogP contribution in [0.5, 0.6) is 0 Å². The molecule has 1 N–H and O–H groups in total. The van der Waals surface area contributed by atoms with E-state index in [0.29, 0.717) is 16.4 Å². The highest BCUT2D eigenvalue weighted by molar-refractivity contribution is 6.33. The first-order valence-electron chi connectivity index (χ1n) is 6.19. The molecule has 1 aromatic rings. The molecule has 1 heterocycles. The minimum Gasteiger partial charge on any atom is -0.372 e. The maximum absolute atomic E-state index is 12.1. The zero-order valence-electron chi connectivity index (χ0n) is 11.2. The predicted molar refractivity (Wildman–Crippen MR) is 75.3 cm³/mol. The molecule has 18 heavy (non-hydrogen) atoms. The van der Waals surface area contributed by atoms with E-state index in [-0.39, 0.29) is 5.91 Å². The number of rotatable bonds is 6. The molecule has 0 saturated heterocycles. The van der Waals surface area contributed by atoms with Gasteiger partial charge in [-0.2, -0.15) is 0 Å². The van der Waals surface area contributed by atoms with Gasteiger partial charge in [-0.3, -0.25) is 4.79 Å². The average molecular weight is 270 g/mol. The standard InChI is InChI=1S/C13H20ClN3O/c1-4-5-6-7-17(3)13(18)10-8-11(14)12(15-2)16-9-10/h8-9H,4-7H2,1-3H3,(H,15,16). The summed E-state index contributed by atoms with van der Waals surface area (Å²) in [5.74, 6) is 0.546. The lowest BCUT2D eigenvalue weighted by Gasteiger charge is -2.17. The summed E-state index contributed by atoms with van der Waals surface area (Å²) in [5, 5.41) is 3.33. The van der Waals surface area contributed by atoms with E-state index >= 15 is 0 Å².